The van der Waals surface area contributed by atoms with Gasteiger partial charge in [-0.05, 0) is 101 Å². The van der Waals surface area contributed by atoms with Crippen LogP contribution in [0.25, 0.3) is 60.5 Å². The second kappa shape index (κ2) is 11.5. The van der Waals surface area contributed by atoms with Gasteiger partial charge in [0.15, 0.2) is 0 Å². The van der Waals surface area contributed by atoms with Gasteiger partial charge in [-0.15, -0.1) is 0 Å². The predicted molar refractivity (Wildman–Crippen MR) is 220 cm³/mol. The van der Waals surface area contributed by atoms with Crippen LogP contribution in [0.3, 0.4) is 0 Å². The Morgan fingerprint density at radius 2 is 1.04 bits per heavy atom. The fourth-order valence-electron chi connectivity index (χ4n) is 8.19. The van der Waals surface area contributed by atoms with E-state index in [0.29, 0.717) is 0 Å². The second-order valence-electron chi connectivity index (χ2n) is 13.8. The van der Waals surface area contributed by atoms with Gasteiger partial charge in [-0.25, -0.2) is 0 Å². The molecule has 0 bridgehead atoms. The summed E-state index contributed by atoms with van der Waals surface area (Å²) in [6.07, 6.45) is 4.88. The van der Waals surface area contributed by atoms with Crippen molar-refractivity contribution in [3.63, 3.8) is 0 Å². The molecule has 0 unspecified atom stereocenters. The molecule has 0 radical (unpaired) electrons. The van der Waals surface area contributed by atoms with Gasteiger partial charge in [-0.2, -0.15) is 10.0 Å². The predicted octanol–water partition coefficient (Wildman–Crippen LogP) is 13.5. The maximum atomic E-state index is 2.45. The highest BCUT2D eigenvalue weighted by Crippen LogP contribution is 2.67. The molecule has 0 aliphatic carbocycles. The quantitative estimate of drug-likeness (QED) is 0.177. The third-order valence-corrected chi connectivity index (χ3v) is 13.5. The summed E-state index contributed by atoms with van der Waals surface area (Å²) in [5, 5.41) is 4.99. The maximum absolute atomic E-state index is 2.45. The molecule has 0 atom stereocenters. The third kappa shape index (κ3) is 4.66. The summed E-state index contributed by atoms with van der Waals surface area (Å²) in [5.41, 5.74) is 12.3. The van der Waals surface area contributed by atoms with Crippen LogP contribution in [0.2, 0.25) is 0 Å². The zero-order chi connectivity index (χ0) is 34.1. The van der Waals surface area contributed by atoms with Crippen LogP contribution in [-0.4, -0.2) is 17.1 Å². The molecule has 1 aromatic heterocycles. The van der Waals surface area contributed by atoms with Crippen LogP contribution in [-0.2, 0) is 0 Å². The topological polar surface area (TPSA) is 8.17 Å². The lowest BCUT2D eigenvalue weighted by Gasteiger charge is -2.31. The smallest absolute Gasteiger partial charge is 0.0619 e. The zero-order valence-electron chi connectivity index (χ0n) is 28.6. The number of anilines is 3. The first-order valence-electron chi connectivity index (χ1n) is 17.5. The molecule has 0 fully saturated rings. The molecular formula is C48H36N2S. The Bertz CT molecular complexity index is 2760. The van der Waals surface area contributed by atoms with Crippen molar-refractivity contribution >= 4 is 59.7 Å². The normalized spacial score (nSPS) is 13.7. The maximum Gasteiger partial charge on any atom is 0.0619 e. The van der Waals surface area contributed by atoms with E-state index in [1.165, 1.54) is 76.0 Å². The number of fused-ring (bicyclic) bond motifs is 8. The van der Waals surface area contributed by atoms with Crippen LogP contribution < -0.4 is 4.90 Å². The van der Waals surface area contributed by atoms with Crippen molar-refractivity contribution < 1.29 is 0 Å². The first-order valence-corrected chi connectivity index (χ1v) is 20.0. The molecule has 244 valence electrons. The lowest BCUT2D eigenvalue weighted by molar-refractivity contribution is 1.19. The Labute approximate surface area is 300 Å². The minimum Gasteiger partial charge on any atom is -0.310 e. The first-order chi connectivity index (χ1) is 25.1. The van der Waals surface area contributed by atoms with Crippen LogP contribution in [0.5, 0.6) is 0 Å². The summed E-state index contributed by atoms with van der Waals surface area (Å²) in [7, 11) is -1.16. The molecule has 2 nitrogen and oxygen atoms in total. The molecule has 8 aromatic carbocycles. The number of hydrogen-bond donors (Lipinski definition) is 0. The number of para-hydroxylation sites is 2. The Morgan fingerprint density at radius 3 is 1.86 bits per heavy atom. The van der Waals surface area contributed by atoms with Gasteiger partial charge in [0.05, 0.1) is 11.0 Å². The van der Waals surface area contributed by atoms with E-state index in [0.717, 1.165) is 11.4 Å². The molecule has 0 amide bonds. The van der Waals surface area contributed by atoms with E-state index in [4.69, 9.17) is 0 Å². The molecule has 3 heteroatoms. The third-order valence-electron chi connectivity index (χ3n) is 10.6. The minimum atomic E-state index is -1.16. The summed E-state index contributed by atoms with van der Waals surface area (Å²) >= 11 is 0. The van der Waals surface area contributed by atoms with Crippen LogP contribution in [0, 0.1) is 0 Å². The van der Waals surface area contributed by atoms with Crippen molar-refractivity contribution in [1.82, 2.24) is 4.57 Å². The highest BCUT2D eigenvalue weighted by atomic mass is 32.3. The Morgan fingerprint density at radius 1 is 0.431 bits per heavy atom. The lowest BCUT2D eigenvalue weighted by atomic mass is 10.0. The van der Waals surface area contributed by atoms with Gasteiger partial charge in [0.25, 0.3) is 0 Å². The summed E-state index contributed by atoms with van der Waals surface area (Å²) < 4.78 is 2.43. The zero-order valence-corrected chi connectivity index (χ0v) is 29.4. The number of rotatable bonds is 5. The fourth-order valence-corrected chi connectivity index (χ4v) is 10.7. The molecule has 0 saturated heterocycles. The van der Waals surface area contributed by atoms with E-state index in [-0.39, 0.29) is 0 Å². The first kappa shape index (κ1) is 29.8. The van der Waals surface area contributed by atoms with Gasteiger partial charge in [-0.3, -0.25) is 0 Å². The van der Waals surface area contributed by atoms with Gasteiger partial charge in [-0.1, -0.05) is 121 Å². The van der Waals surface area contributed by atoms with E-state index >= 15 is 0 Å². The molecule has 9 aromatic rings. The number of hydrogen-bond acceptors (Lipinski definition) is 1. The lowest BCUT2D eigenvalue weighted by Crippen LogP contribution is -2.10. The molecule has 0 N–H and O–H groups in total. The average Bonchev–Trinajstić information content (AvgIpc) is 3.65. The Hall–Kier alpha value is -6.03. The van der Waals surface area contributed by atoms with Crippen LogP contribution in [0.1, 0.15) is 0 Å². The van der Waals surface area contributed by atoms with Crippen molar-refractivity contribution in [2.75, 3.05) is 17.4 Å². The van der Waals surface area contributed by atoms with Gasteiger partial charge in [0, 0.05) is 48.7 Å². The Balaban J connectivity index is 1.18. The Kier molecular flexibility index (Phi) is 6.74. The van der Waals surface area contributed by atoms with Gasteiger partial charge >= 0.3 is 0 Å². The molecule has 0 spiro atoms. The van der Waals surface area contributed by atoms with Crippen molar-refractivity contribution in [3.8, 4) is 27.9 Å². The minimum absolute atomic E-state index is 1.14. The number of nitrogens with zero attached hydrogens (tertiary/aromatic N) is 2. The molecule has 1 aliphatic rings. The molecule has 2 heterocycles. The fraction of sp³-hybridized carbons (Fsp3) is 0.0417. The number of aromatic nitrogens is 1. The highest BCUT2D eigenvalue weighted by molar-refractivity contribution is 8.33. The summed E-state index contributed by atoms with van der Waals surface area (Å²) in [6, 6.07) is 66.8. The summed E-state index contributed by atoms with van der Waals surface area (Å²) in [5.74, 6) is 0. The molecule has 10 rings (SSSR count). The summed E-state index contributed by atoms with van der Waals surface area (Å²) in [6.45, 7) is 0. The second-order valence-corrected chi connectivity index (χ2v) is 17.3. The molecule has 1 aliphatic heterocycles. The largest absolute Gasteiger partial charge is 0.310 e. The van der Waals surface area contributed by atoms with Crippen molar-refractivity contribution in [2.45, 2.75) is 9.79 Å². The molecule has 0 saturated carbocycles. The SMILES string of the molecule is CS1(C)c2ccccc2-c2ccc(N(c3ccc(-c4ccccc4)cc3)c3ccc4c(ccc5c6ccccc6n(-c6ccccc6)c45)c3)cc21. The van der Waals surface area contributed by atoms with E-state index in [1.807, 2.05) is 0 Å². The van der Waals surface area contributed by atoms with Gasteiger partial charge < -0.3 is 9.47 Å². The van der Waals surface area contributed by atoms with E-state index in [9.17, 15) is 0 Å². The van der Waals surface area contributed by atoms with Gasteiger partial charge in [0.1, 0.15) is 0 Å². The molecule has 51 heavy (non-hydrogen) atoms. The van der Waals surface area contributed by atoms with E-state index in [1.54, 1.807) is 0 Å². The van der Waals surface area contributed by atoms with E-state index < -0.39 is 10.0 Å². The van der Waals surface area contributed by atoms with E-state index in [2.05, 4.69) is 204 Å². The van der Waals surface area contributed by atoms with Crippen molar-refractivity contribution in [2.24, 2.45) is 0 Å². The highest BCUT2D eigenvalue weighted by Gasteiger charge is 2.32. The average molecular weight is 673 g/mol. The van der Waals surface area contributed by atoms with Crippen LogP contribution in [0.15, 0.2) is 192 Å². The van der Waals surface area contributed by atoms with Crippen molar-refractivity contribution in [1.29, 1.82) is 0 Å². The van der Waals surface area contributed by atoms with Crippen LogP contribution >= 0.6 is 10.0 Å². The monoisotopic (exact) mass is 672 g/mol. The summed E-state index contributed by atoms with van der Waals surface area (Å²) in [4.78, 5) is 5.35. The number of benzene rings is 8. The van der Waals surface area contributed by atoms with Crippen LogP contribution in [0.4, 0.5) is 17.1 Å². The standard InChI is InChI=1S/C48H36N2S/c1-51(2)46-20-12-10-18-42(46)43-30-27-39(32-47(43)51)49(37-24-21-34(22-25-37)33-13-5-3-6-14-33)38-26-29-40-35(31-38)23-28-44-41-17-9-11-19-45(41)50(48(40)44)36-15-7-4-8-16-36/h3-32H,1-2H3. The molecular weight excluding hydrogens is 637 g/mol. The van der Waals surface area contributed by atoms with Gasteiger partial charge in [0.2, 0.25) is 0 Å². The van der Waals surface area contributed by atoms with Crippen molar-refractivity contribution in [3.05, 3.63) is 182 Å².